The normalized spacial score (nSPS) is 17.1. The van der Waals surface area contributed by atoms with Crippen LogP contribution in [0.2, 0.25) is 0 Å². The molecule has 2 rings (SSSR count). The van der Waals surface area contributed by atoms with Crippen molar-refractivity contribution in [1.29, 1.82) is 0 Å². The van der Waals surface area contributed by atoms with E-state index < -0.39 is 0 Å². The summed E-state index contributed by atoms with van der Waals surface area (Å²) in [4.78, 5) is 11.9. The Kier molecular flexibility index (Phi) is 7.40. The van der Waals surface area contributed by atoms with Gasteiger partial charge < -0.3 is 15.4 Å². The summed E-state index contributed by atoms with van der Waals surface area (Å²) < 4.78 is 5.65. The smallest absolute Gasteiger partial charge is 0.220 e. The summed E-state index contributed by atoms with van der Waals surface area (Å²) in [5.41, 5.74) is 1.16. The molecule has 0 aliphatic carbocycles. The van der Waals surface area contributed by atoms with E-state index in [2.05, 4.69) is 10.6 Å². The minimum atomic E-state index is 0.0595. The second kappa shape index (κ2) is 9.59. The molecule has 4 nitrogen and oxygen atoms in total. The van der Waals surface area contributed by atoms with Crippen molar-refractivity contribution in [3.63, 3.8) is 0 Å². The highest BCUT2D eigenvalue weighted by Gasteiger charge is 2.15. The van der Waals surface area contributed by atoms with Gasteiger partial charge in [0, 0.05) is 12.5 Å². The number of ether oxygens (including phenoxy) is 1. The molecule has 1 unspecified atom stereocenters. The number of piperidine rings is 1. The molecule has 1 aliphatic rings. The monoisotopic (exact) mass is 304 g/mol. The number of hydrogen-bond acceptors (Lipinski definition) is 3. The minimum Gasteiger partial charge on any atom is -0.375 e. The van der Waals surface area contributed by atoms with Crippen LogP contribution in [-0.4, -0.2) is 31.6 Å². The zero-order chi connectivity index (χ0) is 15.6. The summed E-state index contributed by atoms with van der Waals surface area (Å²) in [5, 5.41) is 6.38. The highest BCUT2D eigenvalue weighted by Crippen LogP contribution is 2.17. The fourth-order valence-electron chi connectivity index (χ4n) is 2.82. The Bertz CT molecular complexity index is 430. The quantitative estimate of drug-likeness (QED) is 0.776. The molecule has 0 spiro atoms. The van der Waals surface area contributed by atoms with Gasteiger partial charge in [-0.25, -0.2) is 0 Å². The van der Waals surface area contributed by atoms with Crippen molar-refractivity contribution in [2.75, 3.05) is 19.7 Å². The fraction of sp³-hybridized carbons (Fsp3) is 0.611. The van der Waals surface area contributed by atoms with Crippen LogP contribution in [0.1, 0.15) is 38.2 Å². The van der Waals surface area contributed by atoms with Crippen molar-refractivity contribution in [2.24, 2.45) is 5.92 Å². The minimum absolute atomic E-state index is 0.0595. The summed E-state index contributed by atoms with van der Waals surface area (Å²) in [5.74, 6) is 0.853. The fourth-order valence-corrected chi connectivity index (χ4v) is 2.82. The van der Waals surface area contributed by atoms with E-state index in [0.717, 1.165) is 25.1 Å². The number of nitrogens with one attached hydrogen (secondary N) is 2. The summed E-state index contributed by atoms with van der Waals surface area (Å²) in [6.07, 6.45) is 4.03. The molecule has 0 radical (unpaired) electrons. The number of benzene rings is 1. The van der Waals surface area contributed by atoms with Crippen LogP contribution in [0.15, 0.2) is 30.3 Å². The van der Waals surface area contributed by atoms with Gasteiger partial charge in [0.1, 0.15) is 0 Å². The van der Waals surface area contributed by atoms with Crippen molar-refractivity contribution >= 4 is 5.91 Å². The summed E-state index contributed by atoms with van der Waals surface area (Å²) in [6, 6.07) is 10.2. The molecule has 1 fully saturated rings. The van der Waals surface area contributed by atoms with Gasteiger partial charge in [-0.05, 0) is 50.8 Å². The molecule has 1 amide bonds. The van der Waals surface area contributed by atoms with E-state index in [0.29, 0.717) is 25.6 Å². The molecular weight excluding hydrogens is 276 g/mol. The van der Waals surface area contributed by atoms with Crippen LogP contribution in [0, 0.1) is 5.92 Å². The van der Waals surface area contributed by atoms with E-state index in [9.17, 15) is 4.79 Å². The molecular formula is C18H28N2O2. The van der Waals surface area contributed by atoms with Crippen molar-refractivity contribution in [3.8, 4) is 0 Å². The third-order valence-electron chi connectivity index (χ3n) is 4.13. The van der Waals surface area contributed by atoms with Crippen molar-refractivity contribution in [2.45, 2.75) is 45.3 Å². The zero-order valence-electron chi connectivity index (χ0n) is 13.5. The molecule has 1 aromatic rings. The Morgan fingerprint density at radius 1 is 1.32 bits per heavy atom. The Balaban J connectivity index is 1.55. The molecule has 1 atom stereocenters. The maximum atomic E-state index is 11.9. The van der Waals surface area contributed by atoms with Gasteiger partial charge in [0.05, 0.1) is 13.2 Å². The standard InChI is InChI=1S/C18H28N2O2/c1-15(13-22-14-17-5-3-2-4-6-17)20-18(21)8-7-16-9-11-19-12-10-16/h2-6,15-16,19H,7-14H2,1H3,(H,20,21). The number of carbonyl (C=O) groups excluding carboxylic acids is 1. The summed E-state index contributed by atoms with van der Waals surface area (Å²) >= 11 is 0. The molecule has 1 heterocycles. The highest BCUT2D eigenvalue weighted by molar-refractivity contribution is 5.76. The van der Waals surface area contributed by atoms with Gasteiger partial charge in [-0.2, -0.15) is 0 Å². The van der Waals surface area contributed by atoms with E-state index in [1.54, 1.807) is 0 Å². The Hall–Kier alpha value is -1.39. The average molecular weight is 304 g/mol. The molecule has 0 bridgehead atoms. The predicted molar refractivity (Wildman–Crippen MR) is 88.5 cm³/mol. The maximum Gasteiger partial charge on any atom is 0.220 e. The van der Waals surface area contributed by atoms with Crippen LogP contribution in [0.5, 0.6) is 0 Å². The van der Waals surface area contributed by atoms with Gasteiger partial charge >= 0.3 is 0 Å². The number of rotatable bonds is 8. The molecule has 1 aliphatic heterocycles. The molecule has 22 heavy (non-hydrogen) atoms. The third kappa shape index (κ3) is 6.58. The lowest BCUT2D eigenvalue weighted by atomic mass is 9.93. The lowest BCUT2D eigenvalue weighted by molar-refractivity contribution is -0.122. The van der Waals surface area contributed by atoms with Crippen molar-refractivity contribution in [1.82, 2.24) is 10.6 Å². The van der Waals surface area contributed by atoms with E-state index in [4.69, 9.17) is 4.74 Å². The van der Waals surface area contributed by atoms with Gasteiger partial charge in [0.2, 0.25) is 5.91 Å². The molecule has 1 aromatic carbocycles. The maximum absolute atomic E-state index is 11.9. The molecule has 1 saturated heterocycles. The molecule has 122 valence electrons. The van der Waals surface area contributed by atoms with Crippen LogP contribution in [0.4, 0.5) is 0 Å². The van der Waals surface area contributed by atoms with Crippen LogP contribution < -0.4 is 10.6 Å². The summed E-state index contributed by atoms with van der Waals surface area (Å²) in [7, 11) is 0. The first-order valence-corrected chi connectivity index (χ1v) is 8.36. The molecule has 2 N–H and O–H groups in total. The van der Waals surface area contributed by atoms with E-state index in [1.165, 1.54) is 12.8 Å². The largest absolute Gasteiger partial charge is 0.375 e. The van der Waals surface area contributed by atoms with Crippen LogP contribution in [0.3, 0.4) is 0 Å². The zero-order valence-corrected chi connectivity index (χ0v) is 13.5. The van der Waals surface area contributed by atoms with Crippen LogP contribution >= 0.6 is 0 Å². The molecule has 0 saturated carbocycles. The van der Waals surface area contributed by atoms with E-state index >= 15 is 0 Å². The van der Waals surface area contributed by atoms with E-state index in [1.807, 2.05) is 37.3 Å². The van der Waals surface area contributed by atoms with Gasteiger partial charge in [-0.3, -0.25) is 4.79 Å². The van der Waals surface area contributed by atoms with E-state index in [-0.39, 0.29) is 11.9 Å². The SMILES string of the molecule is CC(COCc1ccccc1)NC(=O)CCC1CCNCC1. The van der Waals surface area contributed by atoms with Gasteiger partial charge in [0.25, 0.3) is 0 Å². The predicted octanol–water partition coefficient (Wildman–Crippen LogP) is 2.49. The van der Waals surface area contributed by atoms with Crippen molar-refractivity contribution < 1.29 is 9.53 Å². The van der Waals surface area contributed by atoms with Gasteiger partial charge in [0.15, 0.2) is 0 Å². The molecule has 0 aromatic heterocycles. The number of hydrogen-bond donors (Lipinski definition) is 2. The average Bonchev–Trinajstić information content (AvgIpc) is 2.55. The Morgan fingerprint density at radius 2 is 2.05 bits per heavy atom. The first-order chi connectivity index (χ1) is 10.7. The molecule has 4 heteroatoms. The Morgan fingerprint density at radius 3 is 2.77 bits per heavy atom. The van der Waals surface area contributed by atoms with Gasteiger partial charge in [-0.1, -0.05) is 30.3 Å². The van der Waals surface area contributed by atoms with Crippen molar-refractivity contribution in [3.05, 3.63) is 35.9 Å². The van der Waals surface area contributed by atoms with Crippen LogP contribution in [0.25, 0.3) is 0 Å². The van der Waals surface area contributed by atoms with Gasteiger partial charge in [-0.15, -0.1) is 0 Å². The Labute approximate surface area is 133 Å². The second-order valence-electron chi connectivity index (χ2n) is 6.20. The second-order valence-corrected chi connectivity index (χ2v) is 6.20. The summed E-state index contributed by atoms with van der Waals surface area (Å²) in [6.45, 7) is 5.32. The topological polar surface area (TPSA) is 50.4 Å². The third-order valence-corrected chi connectivity index (χ3v) is 4.13. The lowest BCUT2D eigenvalue weighted by Crippen LogP contribution is -2.36. The first kappa shape index (κ1) is 17.0. The lowest BCUT2D eigenvalue weighted by Gasteiger charge is -2.22. The number of amides is 1. The van der Waals surface area contributed by atoms with Crippen LogP contribution in [-0.2, 0) is 16.1 Å². The highest BCUT2D eigenvalue weighted by atomic mass is 16.5. The first-order valence-electron chi connectivity index (χ1n) is 8.36. The number of carbonyl (C=O) groups is 1.